The van der Waals surface area contributed by atoms with Gasteiger partial charge in [0.15, 0.2) is 11.5 Å². The average Bonchev–Trinajstić information content (AvgIpc) is 2.41. The predicted octanol–water partition coefficient (Wildman–Crippen LogP) is 3.32. The Kier molecular flexibility index (Phi) is 3.83. The zero-order valence-corrected chi connectivity index (χ0v) is 10.9. The number of halogens is 2. The molecule has 2 rings (SSSR count). The Morgan fingerprint density at radius 2 is 1.84 bits per heavy atom. The summed E-state index contributed by atoms with van der Waals surface area (Å²) in [5.41, 5.74) is -0.0307. The van der Waals surface area contributed by atoms with E-state index in [0.29, 0.717) is 5.02 Å². The van der Waals surface area contributed by atoms with Gasteiger partial charge >= 0.3 is 5.97 Å². The number of carbonyl (C=O) groups is 2. The van der Waals surface area contributed by atoms with Crippen molar-refractivity contribution >= 4 is 35.0 Å². The van der Waals surface area contributed by atoms with Gasteiger partial charge in [0.2, 0.25) is 0 Å². The fourth-order valence-electron chi connectivity index (χ4n) is 1.55. The number of pyridine rings is 1. The zero-order chi connectivity index (χ0) is 14.0. The summed E-state index contributed by atoms with van der Waals surface area (Å²) in [5, 5.41) is 9.55. The lowest BCUT2D eigenvalue weighted by atomic mass is 10.0. The number of hydrogen-bond acceptors (Lipinski definition) is 3. The summed E-state index contributed by atoms with van der Waals surface area (Å²) in [4.78, 5) is 26.9. The maximum Gasteiger partial charge on any atom is 0.355 e. The fraction of sp³-hybridized carbons (Fsp3) is 0. The summed E-state index contributed by atoms with van der Waals surface area (Å²) in [6, 6.07) is 7.26. The molecule has 0 aliphatic carbocycles. The first-order valence-corrected chi connectivity index (χ1v) is 5.94. The number of hydrogen-bond donors (Lipinski definition) is 1. The van der Waals surface area contributed by atoms with E-state index in [0.717, 1.165) is 0 Å². The second-order valence-electron chi connectivity index (χ2n) is 3.66. The number of rotatable bonds is 3. The highest BCUT2D eigenvalue weighted by Crippen LogP contribution is 2.24. The van der Waals surface area contributed by atoms with Gasteiger partial charge in [0.1, 0.15) is 0 Å². The van der Waals surface area contributed by atoms with E-state index in [9.17, 15) is 9.59 Å². The van der Waals surface area contributed by atoms with Crippen LogP contribution in [-0.4, -0.2) is 21.8 Å². The molecule has 0 radical (unpaired) electrons. The van der Waals surface area contributed by atoms with Crippen molar-refractivity contribution in [3.05, 3.63) is 63.4 Å². The van der Waals surface area contributed by atoms with E-state index in [-0.39, 0.29) is 21.8 Å². The minimum atomic E-state index is -1.26. The largest absolute Gasteiger partial charge is 0.476 e. The lowest BCUT2D eigenvalue weighted by molar-refractivity contribution is 0.0686. The Morgan fingerprint density at radius 3 is 2.47 bits per heavy atom. The molecule has 1 aromatic carbocycles. The highest BCUT2D eigenvalue weighted by atomic mass is 35.5. The predicted molar refractivity (Wildman–Crippen MR) is 71.1 cm³/mol. The second kappa shape index (κ2) is 5.38. The summed E-state index contributed by atoms with van der Waals surface area (Å²) >= 11 is 11.6. The van der Waals surface area contributed by atoms with E-state index in [1.54, 1.807) is 0 Å². The number of carboxylic acid groups (broad SMARTS) is 1. The van der Waals surface area contributed by atoms with E-state index in [1.165, 1.54) is 36.5 Å². The van der Waals surface area contributed by atoms with Crippen LogP contribution in [0.15, 0.2) is 36.5 Å². The van der Waals surface area contributed by atoms with Crippen LogP contribution < -0.4 is 0 Å². The maximum atomic E-state index is 12.2. The first-order valence-electron chi connectivity index (χ1n) is 5.19. The quantitative estimate of drug-likeness (QED) is 0.882. The van der Waals surface area contributed by atoms with Crippen molar-refractivity contribution < 1.29 is 14.7 Å². The molecule has 0 aliphatic rings. The van der Waals surface area contributed by atoms with Gasteiger partial charge in [0.25, 0.3) is 0 Å². The van der Waals surface area contributed by atoms with Crippen molar-refractivity contribution in [3.63, 3.8) is 0 Å². The molecule has 1 heterocycles. The Hall–Kier alpha value is -1.91. The van der Waals surface area contributed by atoms with Crippen LogP contribution >= 0.6 is 23.2 Å². The SMILES string of the molecule is O=C(c1ccc(Cl)c(Cl)c1)c1cccnc1C(=O)O. The third kappa shape index (κ3) is 2.75. The smallest absolute Gasteiger partial charge is 0.355 e. The average molecular weight is 296 g/mol. The first kappa shape index (κ1) is 13.5. The van der Waals surface area contributed by atoms with Gasteiger partial charge in [0.05, 0.1) is 15.6 Å². The molecule has 0 atom stereocenters. The summed E-state index contributed by atoms with van der Waals surface area (Å²) in [5.74, 6) is -1.73. The molecular weight excluding hydrogens is 289 g/mol. The molecule has 1 N–H and O–H groups in total. The molecule has 0 saturated carbocycles. The molecule has 6 heteroatoms. The van der Waals surface area contributed by atoms with Crippen molar-refractivity contribution in [3.8, 4) is 0 Å². The van der Waals surface area contributed by atoms with Crippen LogP contribution in [0.3, 0.4) is 0 Å². The van der Waals surface area contributed by atoms with Gasteiger partial charge in [-0.2, -0.15) is 0 Å². The highest BCUT2D eigenvalue weighted by molar-refractivity contribution is 6.42. The summed E-state index contributed by atoms with van der Waals surface area (Å²) in [7, 11) is 0. The van der Waals surface area contributed by atoms with E-state index >= 15 is 0 Å². The highest BCUT2D eigenvalue weighted by Gasteiger charge is 2.19. The van der Waals surface area contributed by atoms with Crippen LogP contribution in [0.5, 0.6) is 0 Å². The van der Waals surface area contributed by atoms with Crippen molar-refractivity contribution in [1.82, 2.24) is 4.98 Å². The van der Waals surface area contributed by atoms with Gasteiger partial charge in [0, 0.05) is 11.8 Å². The number of nitrogens with zero attached hydrogens (tertiary/aromatic N) is 1. The van der Waals surface area contributed by atoms with Gasteiger partial charge < -0.3 is 5.11 Å². The standard InChI is InChI=1S/C13H7Cl2NO3/c14-9-4-3-7(6-10(9)15)12(17)8-2-1-5-16-11(8)13(18)19/h1-6H,(H,18,19). The normalized spacial score (nSPS) is 10.2. The Bertz CT molecular complexity index is 671. The molecule has 0 unspecified atom stereocenters. The van der Waals surface area contributed by atoms with Crippen LogP contribution in [-0.2, 0) is 0 Å². The number of aromatic carboxylic acids is 1. The monoisotopic (exact) mass is 295 g/mol. The lowest BCUT2D eigenvalue weighted by Crippen LogP contribution is -2.11. The van der Waals surface area contributed by atoms with Crippen molar-refractivity contribution in [1.29, 1.82) is 0 Å². The molecule has 0 saturated heterocycles. The van der Waals surface area contributed by atoms with Crippen molar-refractivity contribution in [2.75, 3.05) is 0 Å². The minimum absolute atomic E-state index is 0.00777. The second-order valence-corrected chi connectivity index (χ2v) is 4.48. The van der Waals surface area contributed by atoms with Crippen LogP contribution in [0.25, 0.3) is 0 Å². The number of carboxylic acids is 1. The molecule has 4 nitrogen and oxygen atoms in total. The first-order chi connectivity index (χ1) is 9.00. The van der Waals surface area contributed by atoms with Gasteiger partial charge in [-0.05, 0) is 30.3 Å². The van der Waals surface area contributed by atoms with Crippen molar-refractivity contribution in [2.24, 2.45) is 0 Å². The lowest BCUT2D eigenvalue weighted by Gasteiger charge is -2.05. The molecule has 19 heavy (non-hydrogen) atoms. The van der Waals surface area contributed by atoms with Crippen molar-refractivity contribution in [2.45, 2.75) is 0 Å². The minimum Gasteiger partial charge on any atom is -0.476 e. The van der Waals surface area contributed by atoms with Gasteiger partial charge in [-0.15, -0.1) is 0 Å². The molecule has 0 spiro atoms. The van der Waals surface area contributed by atoms with Crippen LogP contribution in [0.2, 0.25) is 10.0 Å². The Labute approximate surface area is 118 Å². The van der Waals surface area contributed by atoms with E-state index in [1.807, 2.05) is 0 Å². The van der Waals surface area contributed by atoms with Crippen LogP contribution in [0, 0.1) is 0 Å². The van der Waals surface area contributed by atoms with E-state index in [2.05, 4.69) is 4.98 Å². The fourth-order valence-corrected chi connectivity index (χ4v) is 1.85. The molecule has 0 bridgehead atoms. The maximum absolute atomic E-state index is 12.2. The topological polar surface area (TPSA) is 67.3 Å². The van der Waals surface area contributed by atoms with Gasteiger partial charge in [-0.1, -0.05) is 23.2 Å². The summed E-state index contributed by atoms with van der Waals surface area (Å²) < 4.78 is 0. The summed E-state index contributed by atoms with van der Waals surface area (Å²) in [6.45, 7) is 0. The summed E-state index contributed by atoms with van der Waals surface area (Å²) in [6.07, 6.45) is 1.31. The third-order valence-electron chi connectivity index (χ3n) is 2.44. The van der Waals surface area contributed by atoms with Crippen LogP contribution in [0.4, 0.5) is 0 Å². The molecule has 96 valence electrons. The number of aromatic nitrogens is 1. The third-order valence-corrected chi connectivity index (χ3v) is 3.18. The van der Waals surface area contributed by atoms with Gasteiger partial charge in [-0.3, -0.25) is 4.79 Å². The van der Waals surface area contributed by atoms with Gasteiger partial charge in [-0.25, -0.2) is 9.78 Å². The molecule has 0 aliphatic heterocycles. The molecule has 2 aromatic rings. The number of ketones is 1. The Balaban J connectivity index is 2.50. The van der Waals surface area contributed by atoms with Crippen LogP contribution in [0.1, 0.15) is 26.4 Å². The van der Waals surface area contributed by atoms with E-state index in [4.69, 9.17) is 28.3 Å². The molecule has 0 amide bonds. The Morgan fingerprint density at radius 1 is 1.11 bits per heavy atom. The van der Waals surface area contributed by atoms with E-state index < -0.39 is 11.8 Å². The molecule has 0 fully saturated rings. The number of carbonyl (C=O) groups excluding carboxylic acids is 1. The molecular formula is C13H7Cl2NO3. The molecule has 1 aromatic heterocycles. The number of benzene rings is 1. The zero-order valence-electron chi connectivity index (χ0n) is 9.43.